The highest BCUT2D eigenvalue weighted by molar-refractivity contribution is 5.70. The van der Waals surface area contributed by atoms with Crippen LogP contribution in [0.15, 0.2) is 18.5 Å². The van der Waals surface area contributed by atoms with Crippen molar-refractivity contribution in [1.29, 1.82) is 0 Å². The molecule has 0 radical (unpaired) electrons. The zero-order valence-corrected chi connectivity index (χ0v) is 10.2. The maximum atomic E-state index is 11.6. The molecule has 0 fully saturated rings. The first-order valence-electron chi connectivity index (χ1n) is 5.37. The monoisotopic (exact) mass is 222 g/mol. The van der Waals surface area contributed by atoms with Gasteiger partial charge in [-0.05, 0) is 26.8 Å². The van der Waals surface area contributed by atoms with Crippen LogP contribution in [0.1, 0.15) is 45.9 Å². The lowest BCUT2D eigenvalue weighted by molar-refractivity contribution is -0.155. The first kappa shape index (κ1) is 12.6. The zero-order chi connectivity index (χ0) is 12.2. The molecule has 4 nitrogen and oxygen atoms in total. The molecule has 0 amide bonds. The largest absolute Gasteiger partial charge is 0.460 e. The van der Waals surface area contributed by atoms with Crippen LogP contribution < -0.4 is 0 Å². The normalized spacial score (nSPS) is 13.2. The second kappa shape index (κ2) is 5.05. The van der Waals surface area contributed by atoms with Crippen molar-refractivity contribution in [3.05, 3.63) is 24.3 Å². The van der Waals surface area contributed by atoms with E-state index in [4.69, 9.17) is 4.74 Å². The summed E-state index contributed by atoms with van der Waals surface area (Å²) in [6.07, 6.45) is 3.66. The van der Waals surface area contributed by atoms with E-state index in [9.17, 15) is 4.79 Å². The van der Waals surface area contributed by atoms with Gasteiger partial charge in [-0.25, -0.2) is 9.97 Å². The third kappa shape index (κ3) is 4.38. The summed E-state index contributed by atoms with van der Waals surface area (Å²) in [4.78, 5) is 19.8. The lowest BCUT2D eigenvalue weighted by Gasteiger charge is -2.20. The topological polar surface area (TPSA) is 52.1 Å². The van der Waals surface area contributed by atoms with Crippen LogP contribution in [0.3, 0.4) is 0 Å². The molecule has 0 aromatic carbocycles. The molecule has 0 spiro atoms. The van der Waals surface area contributed by atoms with Crippen LogP contribution in [0.2, 0.25) is 0 Å². The Morgan fingerprint density at radius 3 is 2.44 bits per heavy atom. The summed E-state index contributed by atoms with van der Waals surface area (Å²) in [5.74, 6) is 0.442. The summed E-state index contributed by atoms with van der Waals surface area (Å²) < 4.78 is 5.24. The van der Waals surface area contributed by atoms with E-state index in [-0.39, 0.29) is 11.9 Å². The van der Waals surface area contributed by atoms with Gasteiger partial charge in [0.15, 0.2) is 0 Å². The van der Waals surface area contributed by atoms with E-state index in [0.29, 0.717) is 12.2 Å². The van der Waals surface area contributed by atoms with Crippen molar-refractivity contribution < 1.29 is 9.53 Å². The highest BCUT2D eigenvalue weighted by Crippen LogP contribution is 2.17. The number of carbonyl (C=O) groups is 1. The molecule has 0 saturated carbocycles. The number of esters is 1. The Morgan fingerprint density at radius 1 is 1.38 bits per heavy atom. The molecule has 1 aromatic heterocycles. The van der Waals surface area contributed by atoms with Crippen LogP contribution in [-0.4, -0.2) is 21.5 Å². The fourth-order valence-electron chi connectivity index (χ4n) is 1.29. The van der Waals surface area contributed by atoms with Crippen molar-refractivity contribution in [3.8, 4) is 0 Å². The molecule has 88 valence electrons. The maximum Gasteiger partial charge on any atom is 0.307 e. The molecule has 1 aromatic rings. The van der Waals surface area contributed by atoms with E-state index in [1.807, 2.05) is 27.7 Å². The minimum atomic E-state index is -0.436. The van der Waals surface area contributed by atoms with Gasteiger partial charge in [-0.1, -0.05) is 6.92 Å². The van der Waals surface area contributed by atoms with E-state index in [2.05, 4.69) is 9.97 Å². The number of aromatic nitrogens is 2. The third-order valence-corrected chi connectivity index (χ3v) is 1.92. The van der Waals surface area contributed by atoms with Crippen LogP contribution in [0.25, 0.3) is 0 Å². The standard InChI is InChI=1S/C12H18N2O2/c1-9(11-13-6-5-7-14-11)8-10(15)16-12(2,3)4/h5-7,9H,8H2,1-4H3. The average molecular weight is 222 g/mol. The molecule has 16 heavy (non-hydrogen) atoms. The summed E-state index contributed by atoms with van der Waals surface area (Å²) in [6, 6.07) is 1.75. The lowest BCUT2D eigenvalue weighted by Crippen LogP contribution is -2.24. The van der Waals surface area contributed by atoms with Gasteiger partial charge in [-0.3, -0.25) is 4.79 Å². The lowest BCUT2D eigenvalue weighted by atomic mass is 10.1. The van der Waals surface area contributed by atoms with Crippen LogP contribution in [0.5, 0.6) is 0 Å². The van der Waals surface area contributed by atoms with Gasteiger partial charge >= 0.3 is 5.97 Å². The first-order chi connectivity index (χ1) is 7.38. The minimum Gasteiger partial charge on any atom is -0.460 e. The van der Waals surface area contributed by atoms with E-state index in [1.165, 1.54) is 0 Å². The van der Waals surface area contributed by atoms with E-state index in [0.717, 1.165) is 0 Å². The number of rotatable bonds is 3. The van der Waals surface area contributed by atoms with Gasteiger partial charge in [0.2, 0.25) is 0 Å². The number of nitrogens with zero attached hydrogens (tertiary/aromatic N) is 2. The Morgan fingerprint density at radius 2 is 1.94 bits per heavy atom. The van der Waals surface area contributed by atoms with Crippen LogP contribution in [0, 0.1) is 0 Å². The number of hydrogen-bond donors (Lipinski definition) is 0. The molecule has 0 bridgehead atoms. The quantitative estimate of drug-likeness (QED) is 0.736. The van der Waals surface area contributed by atoms with Gasteiger partial charge in [0.05, 0.1) is 6.42 Å². The first-order valence-corrected chi connectivity index (χ1v) is 5.37. The van der Waals surface area contributed by atoms with Crippen molar-refractivity contribution >= 4 is 5.97 Å². The van der Waals surface area contributed by atoms with Crippen LogP contribution in [-0.2, 0) is 9.53 Å². The molecule has 1 atom stereocenters. The summed E-state index contributed by atoms with van der Waals surface area (Å²) in [6.45, 7) is 7.48. The molecule has 0 aliphatic heterocycles. The summed E-state index contributed by atoms with van der Waals surface area (Å²) >= 11 is 0. The summed E-state index contributed by atoms with van der Waals surface area (Å²) in [5.41, 5.74) is -0.436. The second-order valence-corrected chi connectivity index (χ2v) is 4.80. The Kier molecular flexibility index (Phi) is 3.99. The van der Waals surface area contributed by atoms with E-state index >= 15 is 0 Å². The predicted molar refractivity (Wildman–Crippen MR) is 60.9 cm³/mol. The highest BCUT2D eigenvalue weighted by atomic mass is 16.6. The Bertz CT molecular complexity index is 344. The molecule has 1 heterocycles. The number of ether oxygens (including phenoxy) is 1. The molecular formula is C12H18N2O2. The SMILES string of the molecule is CC(CC(=O)OC(C)(C)C)c1ncccn1. The van der Waals surface area contributed by atoms with E-state index in [1.54, 1.807) is 18.5 Å². The summed E-state index contributed by atoms with van der Waals surface area (Å²) in [5, 5.41) is 0. The molecule has 0 aliphatic rings. The van der Waals surface area contributed by atoms with E-state index < -0.39 is 5.60 Å². The number of hydrogen-bond acceptors (Lipinski definition) is 4. The molecule has 1 rings (SSSR count). The Hall–Kier alpha value is -1.45. The Labute approximate surface area is 96.1 Å². The molecule has 0 saturated heterocycles. The van der Waals surface area contributed by atoms with Gasteiger partial charge in [-0.15, -0.1) is 0 Å². The smallest absolute Gasteiger partial charge is 0.307 e. The second-order valence-electron chi connectivity index (χ2n) is 4.80. The molecule has 0 aliphatic carbocycles. The van der Waals surface area contributed by atoms with Gasteiger partial charge in [0.25, 0.3) is 0 Å². The van der Waals surface area contributed by atoms with Crippen molar-refractivity contribution in [1.82, 2.24) is 9.97 Å². The number of carbonyl (C=O) groups excluding carboxylic acids is 1. The van der Waals surface area contributed by atoms with Crippen molar-refractivity contribution in [2.75, 3.05) is 0 Å². The molecule has 0 N–H and O–H groups in total. The van der Waals surface area contributed by atoms with Gasteiger partial charge < -0.3 is 4.74 Å². The Balaban J connectivity index is 2.52. The molecule has 4 heteroatoms. The zero-order valence-electron chi connectivity index (χ0n) is 10.2. The predicted octanol–water partition coefficient (Wildman–Crippen LogP) is 2.31. The molecule has 1 unspecified atom stereocenters. The van der Waals surface area contributed by atoms with Gasteiger partial charge in [0.1, 0.15) is 11.4 Å². The average Bonchev–Trinajstić information content (AvgIpc) is 2.16. The highest BCUT2D eigenvalue weighted by Gasteiger charge is 2.20. The van der Waals surface area contributed by atoms with Crippen molar-refractivity contribution in [2.45, 2.75) is 45.6 Å². The van der Waals surface area contributed by atoms with Crippen molar-refractivity contribution in [3.63, 3.8) is 0 Å². The molecular weight excluding hydrogens is 204 g/mol. The van der Waals surface area contributed by atoms with Gasteiger partial charge in [0, 0.05) is 18.3 Å². The third-order valence-electron chi connectivity index (χ3n) is 1.92. The summed E-state index contributed by atoms with van der Waals surface area (Å²) in [7, 11) is 0. The van der Waals surface area contributed by atoms with Crippen molar-refractivity contribution in [2.24, 2.45) is 0 Å². The minimum absolute atomic E-state index is 0.0175. The fourth-order valence-corrected chi connectivity index (χ4v) is 1.29. The fraction of sp³-hybridized carbons (Fsp3) is 0.583. The van der Waals surface area contributed by atoms with Crippen LogP contribution in [0.4, 0.5) is 0 Å². The van der Waals surface area contributed by atoms with Gasteiger partial charge in [-0.2, -0.15) is 0 Å². The van der Waals surface area contributed by atoms with Crippen LogP contribution >= 0.6 is 0 Å². The maximum absolute atomic E-state index is 11.6.